The van der Waals surface area contributed by atoms with Crippen LogP contribution in [-0.4, -0.2) is 41.2 Å². The van der Waals surface area contributed by atoms with E-state index in [0.29, 0.717) is 12.8 Å². The number of likely N-dealkylation sites (tertiary alicyclic amines) is 1. The van der Waals surface area contributed by atoms with E-state index in [4.69, 9.17) is 4.74 Å². The topological polar surface area (TPSA) is 105 Å². The fourth-order valence-electron chi connectivity index (χ4n) is 3.74. The number of hydrogen-bond donors (Lipinski definition) is 2. The SMILES string of the molecule is C[C@@H](Oc1ccccc1F)C(=O)NNC(=O)CCN1C(=O)[C@H]2CCCC[C@@H]2C1=O. The molecule has 2 aliphatic rings. The number of para-hydroxylation sites is 1. The fraction of sp³-hybridized carbons (Fsp3) is 0.500. The summed E-state index contributed by atoms with van der Waals surface area (Å²) >= 11 is 0. The molecule has 3 rings (SSSR count). The van der Waals surface area contributed by atoms with Crippen LogP contribution in [0.25, 0.3) is 0 Å². The van der Waals surface area contributed by atoms with Gasteiger partial charge in [-0.3, -0.25) is 34.9 Å². The number of amides is 4. The molecule has 0 radical (unpaired) electrons. The molecule has 0 bridgehead atoms. The highest BCUT2D eigenvalue weighted by molar-refractivity contribution is 6.05. The molecular weight excluding hydrogens is 381 g/mol. The number of benzene rings is 1. The molecule has 1 aromatic carbocycles. The molecule has 4 amide bonds. The second kappa shape index (κ2) is 9.02. The molecule has 8 nitrogen and oxygen atoms in total. The highest BCUT2D eigenvalue weighted by atomic mass is 19.1. The fourth-order valence-corrected chi connectivity index (χ4v) is 3.74. The van der Waals surface area contributed by atoms with Crippen LogP contribution in [0.1, 0.15) is 39.0 Å². The van der Waals surface area contributed by atoms with E-state index in [1.165, 1.54) is 25.1 Å². The van der Waals surface area contributed by atoms with E-state index in [1.54, 1.807) is 6.07 Å². The lowest BCUT2D eigenvalue weighted by Crippen LogP contribution is -2.48. The molecule has 1 aromatic rings. The van der Waals surface area contributed by atoms with Crippen molar-refractivity contribution in [2.24, 2.45) is 11.8 Å². The van der Waals surface area contributed by atoms with Crippen molar-refractivity contribution >= 4 is 23.6 Å². The van der Waals surface area contributed by atoms with Crippen molar-refractivity contribution in [2.75, 3.05) is 6.54 Å². The smallest absolute Gasteiger partial charge is 0.279 e. The van der Waals surface area contributed by atoms with Crippen molar-refractivity contribution in [3.63, 3.8) is 0 Å². The summed E-state index contributed by atoms with van der Waals surface area (Å²) in [6.07, 6.45) is 2.14. The third-order valence-electron chi connectivity index (χ3n) is 5.33. The lowest BCUT2D eigenvalue weighted by Gasteiger charge is -2.19. The summed E-state index contributed by atoms with van der Waals surface area (Å²) in [6.45, 7) is 1.39. The van der Waals surface area contributed by atoms with Crippen LogP contribution in [0.5, 0.6) is 5.75 Å². The van der Waals surface area contributed by atoms with Gasteiger partial charge in [0.25, 0.3) is 5.91 Å². The van der Waals surface area contributed by atoms with Crippen LogP contribution in [0.4, 0.5) is 4.39 Å². The third kappa shape index (κ3) is 4.72. The maximum atomic E-state index is 13.6. The molecule has 0 unspecified atom stereocenters. The molecule has 3 atom stereocenters. The molecule has 156 valence electrons. The Morgan fingerprint density at radius 2 is 1.76 bits per heavy atom. The van der Waals surface area contributed by atoms with Crippen LogP contribution in [0.2, 0.25) is 0 Å². The predicted molar refractivity (Wildman–Crippen MR) is 99.6 cm³/mol. The number of hydrazine groups is 1. The summed E-state index contributed by atoms with van der Waals surface area (Å²) in [7, 11) is 0. The minimum atomic E-state index is -1.04. The van der Waals surface area contributed by atoms with Crippen molar-refractivity contribution in [3.05, 3.63) is 30.1 Å². The van der Waals surface area contributed by atoms with Crippen molar-refractivity contribution in [1.29, 1.82) is 0 Å². The zero-order chi connectivity index (χ0) is 21.0. The second-order valence-electron chi connectivity index (χ2n) is 7.30. The van der Waals surface area contributed by atoms with Crippen LogP contribution in [0.15, 0.2) is 24.3 Å². The Balaban J connectivity index is 1.43. The third-order valence-corrected chi connectivity index (χ3v) is 5.33. The lowest BCUT2D eigenvalue weighted by molar-refractivity contribution is -0.140. The van der Waals surface area contributed by atoms with E-state index in [9.17, 15) is 23.6 Å². The highest BCUT2D eigenvalue weighted by Crippen LogP contribution is 2.37. The van der Waals surface area contributed by atoms with Crippen molar-refractivity contribution in [3.8, 4) is 5.75 Å². The van der Waals surface area contributed by atoms with Crippen LogP contribution >= 0.6 is 0 Å². The minimum absolute atomic E-state index is 0.0202. The number of fused-ring (bicyclic) bond motifs is 1. The van der Waals surface area contributed by atoms with Gasteiger partial charge in [-0.15, -0.1) is 0 Å². The number of carbonyl (C=O) groups is 4. The molecular formula is C20H24FN3O5. The molecule has 0 spiro atoms. The molecule has 29 heavy (non-hydrogen) atoms. The van der Waals surface area contributed by atoms with Gasteiger partial charge in [-0.25, -0.2) is 4.39 Å². The number of nitrogens with zero attached hydrogens (tertiary/aromatic N) is 1. The summed E-state index contributed by atoms with van der Waals surface area (Å²) in [4.78, 5) is 49.9. The lowest BCUT2D eigenvalue weighted by atomic mass is 9.81. The minimum Gasteiger partial charge on any atom is -0.478 e. The van der Waals surface area contributed by atoms with Gasteiger partial charge in [0.2, 0.25) is 17.7 Å². The van der Waals surface area contributed by atoms with Gasteiger partial charge in [0.1, 0.15) is 0 Å². The predicted octanol–water partition coefficient (Wildman–Crippen LogP) is 1.31. The monoisotopic (exact) mass is 405 g/mol. The highest BCUT2D eigenvalue weighted by Gasteiger charge is 2.47. The van der Waals surface area contributed by atoms with E-state index in [1.807, 2.05) is 0 Å². The Morgan fingerprint density at radius 3 is 2.38 bits per heavy atom. The molecule has 1 aliphatic carbocycles. The summed E-state index contributed by atoms with van der Waals surface area (Å²) in [5, 5.41) is 0. The zero-order valence-corrected chi connectivity index (χ0v) is 16.2. The summed E-state index contributed by atoms with van der Waals surface area (Å²) in [5.74, 6) is -2.81. The first-order chi connectivity index (χ1) is 13.9. The van der Waals surface area contributed by atoms with Crippen molar-refractivity contribution in [2.45, 2.75) is 45.1 Å². The molecule has 1 heterocycles. The summed E-state index contributed by atoms with van der Waals surface area (Å²) < 4.78 is 18.8. The van der Waals surface area contributed by atoms with E-state index in [-0.39, 0.29) is 42.4 Å². The number of ether oxygens (including phenoxy) is 1. The normalized spacial score (nSPS) is 22.1. The maximum Gasteiger partial charge on any atom is 0.279 e. The molecule has 2 N–H and O–H groups in total. The summed E-state index contributed by atoms with van der Waals surface area (Å²) in [6, 6.07) is 5.66. The van der Waals surface area contributed by atoms with Gasteiger partial charge in [-0.1, -0.05) is 25.0 Å². The van der Waals surface area contributed by atoms with E-state index in [2.05, 4.69) is 10.9 Å². The van der Waals surface area contributed by atoms with E-state index in [0.717, 1.165) is 17.7 Å². The van der Waals surface area contributed by atoms with Gasteiger partial charge in [0.15, 0.2) is 17.7 Å². The van der Waals surface area contributed by atoms with Gasteiger partial charge >= 0.3 is 0 Å². The van der Waals surface area contributed by atoms with Crippen LogP contribution in [-0.2, 0) is 19.2 Å². The molecule has 1 saturated carbocycles. The summed E-state index contributed by atoms with van der Waals surface area (Å²) in [5.41, 5.74) is 4.41. The maximum absolute atomic E-state index is 13.6. The Hall–Kier alpha value is -2.97. The van der Waals surface area contributed by atoms with E-state index < -0.39 is 23.7 Å². The average Bonchev–Trinajstić information content (AvgIpc) is 2.96. The quantitative estimate of drug-likeness (QED) is 0.548. The first-order valence-corrected chi connectivity index (χ1v) is 9.73. The number of imide groups is 1. The standard InChI is InChI=1S/C20H24FN3O5/c1-12(29-16-9-5-4-8-15(16)21)18(26)23-22-17(25)10-11-24-19(27)13-6-2-3-7-14(13)20(24)28/h4-5,8-9,12-14H,2-3,6-7,10-11H2,1H3,(H,22,25)(H,23,26)/t12-,13+,14+/m1/s1. The second-order valence-corrected chi connectivity index (χ2v) is 7.30. The number of rotatable bonds is 6. The zero-order valence-electron chi connectivity index (χ0n) is 16.2. The average molecular weight is 405 g/mol. The molecule has 2 fully saturated rings. The first kappa shape index (κ1) is 20.8. The van der Waals surface area contributed by atoms with Crippen LogP contribution in [0, 0.1) is 17.7 Å². The first-order valence-electron chi connectivity index (χ1n) is 9.73. The van der Waals surface area contributed by atoms with Gasteiger partial charge < -0.3 is 4.74 Å². The Bertz CT molecular complexity index is 791. The van der Waals surface area contributed by atoms with Gasteiger partial charge in [-0.2, -0.15) is 0 Å². The Kier molecular flexibility index (Phi) is 6.46. The Labute approximate surface area is 167 Å². The van der Waals surface area contributed by atoms with Gasteiger partial charge in [0, 0.05) is 13.0 Å². The molecule has 0 aromatic heterocycles. The van der Waals surface area contributed by atoms with E-state index >= 15 is 0 Å². The van der Waals surface area contributed by atoms with Gasteiger partial charge in [-0.05, 0) is 31.9 Å². The van der Waals surface area contributed by atoms with Crippen LogP contribution < -0.4 is 15.6 Å². The van der Waals surface area contributed by atoms with Crippen LogP contribution in [0.3, 0.4) is 0 Å². The van der Waals surface area contributed by atoms with Crippen molar-refractivity contribution < 1.29 is 28.3 Å². The molecule has 1 saturated heterocycles. The molecule has 1 aliphatic heterocycles. The largest absolute Gasteiger partial charge is 0.478 e. The molecule has 9 heteroatoms. The number of carbonyl (C=O) groups excluding carboxylic acids is 4. The van der Waals surface area contributed by atoms with Gasteiger partial charge in [0.05, 0.1) is 11.8 Å². The number of nitrogens with one attached hydrogen (secondary N) is 2. The van der Waals surface area contributed by atoms with Crippen molar-refractivity contribution in [1.82, 2.24) is 15.8 Å². The number of halogens is 1. The Morgan fingerprint density at radius 1 is 1.14 bits per heavy atom. The number of hydrogen-bond acceptors (Lipinski definition) is 5.